The first-order valence-electron chi connectivity index (χ1n) is 15.5. The van der Waals surface area contributed by atoms with Crippen LogP contribution in [0, 0.1) is 17.2 Å². The van der Waals surface area contributed by atoms with Crippen molar-refractivity contribution in [3.63, 3.8) is 0 Å². The number of hydrogen-bond donors (Lipinski definition) is 1. The third-order valence-electron chi connectivity index (χ3n) is 9.93. The lowest BCUT2D eigenvalue weighted by Crippen LogP contribution is -2.46. The molecule has 1 aromatic rings. The summed E-state index contributed by atoms with van der Waals surface area (Å²) in [5, 5.41) is 9.70. The normalized spacial score (nSPS) is 29.2. The summed E-state index contributed by atoms with van der Waals surface area (Å²) in [4.78, 5) is 28.7. The second kappa shape index (κ2) is 12.3. The summed E-state index contributed by atoms with van der Waals surface area (Å²) in [6.45, 7) is 1.54. The SMILES string of the molecule is O=C(O)[C@@H]1CC2(CC2)CN1C(=O)c1cc(C2CC2)c(OCC2(F)CCN(CC3C/C=C/C(C(F)(F)F)=C\C=C/3I)CC2)cc1F. The first-order valence-corrected chi connectivity index (χ1v) is 16.6. The molecule has 3 aliphatic carbocycles. The number of halogens is 6. The molecule has 2 atom stereocenters. The summed E-state index contributed by atoms with van der Waals surface area (Å²) in [6.07, 6.45) is 5.48. The molecule has 1 unspecified atom stereocenters. The van der Waals surface area contributed by atoms with Crippen LogP contribution in [-0.2, 0) is 4.79 Å². The van der Waals surface area contributed by atoms with Crippen molar-refractivity contribution >= 4 is 34.5 Å². The van der Waals surface area contributed by atoms with E-state index in [1.54, 1.807) is 6.08 Å². The van der Waals surface area contributed by atoms with Gasteiger partial charge >= 0.3 is 12.1 Å². The van der Waals surface area contributed by atoms with Gasteiger partial charge in [0.05, 0.1) is 11.1 Å². The Bertz CT molecular complexity index is 1440. The minimum absolute atomic E-state index is 0.00249. The highest BCUT2D eigenvalue weighted by atomic mass is 127. The minimum atomic E-state index is -4.40. The maximum Gasteiger partial charge on any atom is 0.416 e. The fraction of sp³-hybridized carbons (Fsp3) is 0.576. The first kappa shape index (κ1) is 32.5. The molecule has 0 aromatic heterocycles. The van der Waals surface area contributed by atoms with Crippen LogP contribution in [0.1, 0.15) is 73.2 Å². The Morgan fingerprint density at radius 2 is 1.80 bits per heavy atom. The molecule has 1 amide bonds. The number of carbonyl (C=O) groups excluding carboxylic acids is 1. The third-order valence-corrected chi connectivity index (χ3v) is 11.2. The topological polar surface area (TPSA) is 70.1 Å². The number of ether oxygens (including phenoxy) is 1. The van der Waals surface area contributed by atoms with Crippen LogP contribution in [0.3, 0.4) is 0 Å². The number of carbonyl (C=O) groups is 2. The number of carboxylic acids is 1. The molecular formula is C33H36F5IN2O4. The lowest BCUT2D eigenvalue weighted by molar-refractivity contribution is -0.141. The van der Waals surface area contributed by atoms with Crippen LogP contribution in [0.15, 0.2) is 45.6 Å². The number of hydrogen-bond acceptors (Lipinski definition) is 4. The van der Waals surface area contributed by atoms with Gasteiger partial charge in [-0.2, -0.15) is 13.2 Å². The van der Waals surface area contributed by atoms with E-state index in [0.29, 0.717) is 44.6 Å². The number of carboxylic acid groups (broad SMARTS) is 1. The number of amides is 1. The van der Waals surface area contributed by atoms with Crippen LogP contribution < -0.4 is 4.74 Å². The van der Waals surface area contributed by atoms with Crippen LogP contribution in [0.2, 0.25) is 0 Å². The van der Waals surface area contributed by atoms with E-state index >= 15 is 8.78 Å². The number of nitrogens with zero attached hydrogens (tertiary/aromatic N) is 2. The summed E-state index contributed by atoms with van der Waals surface area (Å²) < 4.78 is 77.3. The summed E-state index contributed by atoms with van der Waals surface area (Å²) in [5.74, 6) is -2.23. The Morgan fingerprint density at radius 1 is 1.09 bits per heavy atom. The Balaban J connectivity index is 1.08. The molecule has 2 heterocycles. The number of alkyl halides is 4. The van der Waals surface area contributed by atoms with Crippen molar-refractivity contribution in [2.75, 3.05) is 32.8 Å². The van der Waals surface area contributed by atoms with E-state index in [-0.39, 0.29) is 48.0 Å². The highest BCUT2D eigenvalue weighted by Gasteiger charge is 2.55. The van der Waals surface area contributed by atoms with Crippen molar-refractivity contribution in [1.82, 2.24) is 9.80 Å². The second-order valence-corrected chi connectivity index (χ2v) is 14.6. The largest absolute Gasteiger partial charge is 0.490 e. The highest BCUT2D eigenvalue weighted by molar-refractivity contribution is 14.1. The zero-order chi connectivity index (χ0) is 32.1. The Labute approximate surface area is 272 Å². The number of benzene rings is 1. The van der Waals surface area contributed by atoms with Gasteiger partial charge in [0, 0.05) is 38.2 Å². The van der Waals surface area contributed by atoms with Crippen molar-refractivity contribution in [1.29, 1.82) is 0 Å². The average molecular weight is 747 g/mol. The molecule has 1 N–H and O–H groups in total. The summed E-state index contributed by atoms with van der Waals surface area (Å²) >= 11 is 2.08. The van der Waals surface area contributed by atoms with Gasteiger partial charge in [-0.1, -0.05) is 18.2 Å². The summed E-state index contributed by atoms with van der Waals surface area (Å²) in [7, 11) is 0. The molecule has 2 saturated carbocycles. The van der Waals surface area contributed by atoms with Crippen LogP contribution in [-0.4, -0.2) is 77.5 Å². The number of likely N-dealkylation sites (tertiary alicyclic amines) is 2. The molecule has 4 fully saturated rings. The van der Waals surface area contributed by atoms with Crippen LogP contribution in [0.5, 0.6) is 5.75 Å². The van der Waals surface area contributed by atoms with E-state index in [2.05, 4.69) is 27.5 Å². The standard InChI is InChI=1S/C33H36F5IN2O4/c34-25-15-28(23(20-4-5-20)14-24(25)29(42)41-18-31(8-9-31)16-27(41)30(43)44)45-19-32(35)10-12-40(13-11-32)17-21-2-1-3-22(33(36,37)38)6-7-26(21)39/h1,3,6-7,14-15,20-21,27H,2,4-5,8-13,16-19H2,(H,43,44)/b3-1+,22-6+,26-7+/t21?,27-/m0/s1. The van der Waals surface area contributed by atoms with E-state index < -0.39 is 41.2 Å². The van der Waals surface area contributed by atoms with E-state index in [4.69, 9.17) is 4.74 Å². The van der Waals surface area contributed by atoms with Gasteiger partial charge in [-0.3, -0.25) is 4.79 Å². The molecule has 1 spiro atoms. The van der Waals surface area contributed by atoms with Crippen molar-refractivity contribution < 1.29 is 41.4 Å². The monoisotopic (exact) mass is 746 g/mol. The molecule has 45 heavy (non-hydrogen) atoms. The van der Waals surface area contributed by atoms with Crippen molar-refractivity contribution in [2.24, 2.45) is 11.3 Å². The molecule has 6 nitrogen and oxygen atoms in total. The molecule has 1 aromatic carbocycles. The van der Waals surface area contributed by atoms with E-state index in [0.717, 1.165) is 47.5 Å². The fourth-order valence-corrected chi connectivity index (χ4v) is 7.37. The lowest BCUT2D eigenvalue weighted by atomic mass is 9.92. The molecule has 6 rings (SSSR count). The van der Waals surface area contributed by atoms with Gasteiger partial charge in [0.25, 0.3) is 5.91 Å². The molecule has 0 bridgehead atoms. The zero-order valence-corrected chi connectivity index (χ0v) is 26.9. The van der Waals surface area contributed by atoms with Crippen molar-refractivity contribution in [3.05, 3.63) is 62.5 Å². The zero-order valence-electron chi connectivity index (χ0n) is 24.7. The van der Waals surface area contributed by atoms with Crippen LogP contribution in [0.25, 0.3) is 0 Å². The quantitative estimate of drug-likeness (QED) is 0.223. The number of aliphatic carboxylic acids is 1. The van der Waals surface area contributed by atoms with Gasteiger partial charge in [-0.05, 0) is 107 Å². The third kappa shape index (κ3) is 7.26. The molecule has 2 aliphatic heterocycles. The van der Waals surface area contributed by atoms with Gasteiger partial charge in [-0.25, -0.2) is 13.6 Å². The van der Waals surface area contributed by atoms with E-state index in [1.807, 2.05) is 0 Å². The maximum atomic E-state index is 15.9. The lowest BCUT2D eigenvalue weighted by Gasteiger charge is -2.37. The second-order valence-electron chi connectivity index (χ2n) is 13.4. The fourth-order valence-electron chi connectivity index (χ4n) is 6.74. The van der Waals surface area contributed by atoms with Crippen molar-refractivity contribution in [3.8, 4) is 5.75 Å². The maximum absolute atomic E-state index is 15.9. The number of allylic oxidation sites excluding steroid dienone is 5. The number of rotatable bonds is 8. The van der Waals surface area contributed by atoms with Crippen LogP contribution >= 0.6 is 22.6 Å². The van der Waals surface area contributed by atoms with E-state index in [1.165, 1.54) is 17.0 Å². The Kier molecular flexibility index (Phi) is 8.86. The summed E-state index contributed by atoms with van der Waals surface area (Å²) in [6, 6.07) is 1.65. The van der Waals surface area contributed by atoms with E-state index in [9.17, 15) is 27.9 Å². The van der Waals surface area contributed by atoms with Crippen molar-refractivity contribution in [2.45, 2.75) is 75.2 Å². The molecular weight excluding hydrogens is 710 g/mol. The molecule has 5 aliphatic rings. The number of piperidine rings is 1. The molecule has 0 radical (unpaired) electrons. The minimum Gasteiger partial charge on any atom is -0.490 e. The average Bonchev–Trinajstić information content (AvgIpc) is 3.90. The highest BCUT2D eigenvalue weighted by Crippen LogP contribution is 2.55. The van der Waals surface area contributed by atoms with Gasteiger partial charge in [0.2, 0.25) is 0 Å². The molecule has 12 heteroatoms. The smallest absolute Gasteiger partial charge is 0.416 e. The van der Waals surface area contributed by atoms with Crippen LogP contribution in [0.4, 0.5) is 22.0 Å². The Hall–Kier alpha value is -2.48. The first-order chi connectivity index (χ1) is 21.3. The summed E-state index contributed by atoms with van der Waals surface area (Å²) in [5.41, 5.74) is -2.02. The predicted molar refractivity (Wildman–Crippen MR) is 166 cm³/mol. The van der Waals surface area contributed by atoms with Gasteiger partial charge in [-0.15, -0.1) is 0 Å². The predicted octanol–water partition coefficient (Wildman–Crippen LogP) is 7.35. The van der Waals surface area contributed by atoms with Gasteiger partial charge < -0.3 is 19.6 Å². The Morgan fingerprint density at radius 3 is 2.42 bits per heavy atom. The van der Waals surface area contributed by atoms with Gasteiger partial charge in [0.15, 0.2) is 0 Å². The van der Waals surface area contributed by atoms with Gasteiger partial charge in [0.1, 0.15) is 29.9 Å². The molecule has 2 saturated heterocycles. The molecule has 244 valence electrons.